The first-order valence-electron chi connectivity index (χ1n) is 8.61. The van der Waals surface area contributed by atoms with Gasteiger partial charge < -0.3 is 9.26 Å². The highest BCUT2D eigenvalue weighted by molar-refractivity contribution is 5.87. The molecule has 2 aromatic heterocycles. The van der Waals surface area contributed by atoms with E-state index in [1.165, 1.54) is 0 Å². The molecule has 0 radical (unpaired) electrons. The molecule has 140 valence electrons. The molecule has 0 unspecified atom stereocenters. The Bertz CT molecular complexity index is 1100. The van der Waals surface area contributed by atoms with Gasteiger partial charge in [0.15, 0.2) is 11.5 Å². The van der Waals surface area contributed by atoms with E-state index in [4.69, 9.17) is 9.26 Å². The quantitative estimate of drug-likeness (QED) is 0.576. The molecule has 0 aliphatic carbocycles. The lowest BCUT2D eigenvalue weighted by molar-refractivity contribution is 0.215. The number of hydrogen-bond acceptors (Lipinski definition) is 6. The van der Waals surface area contributed by atoms with Gasteiger partial charge in [0, 0.05) is 5.56 Å². The second kappa shape index (κ2) is 7.36. The molecule has 28 heavy (non-hydrogen) atoms. The van der Waals surface area contributed by atoms with Crippen LogP contribution >= 0.6 is 0 Å². The minimum atomic E-state index is -0.625. The van der Waals surface area contributed by atoms with Crippen molar-refractivity contribution in [3.63, 3.8) is 0 Å². The predicted octanol–water partition coefficient (Wildman–Crippen LogP) is 4.15. The van der Waals surface area contributed by atoms with Crippen LogP contribution in [0.1, 0.15) is 11.4 Å². The van der Waals surface area contributed by atoms with E-state index in [1.54, 1.807) is 35.9 Å². The number of carbonyl (C=O) groups is 1. The molecule has 0 fully saturated rings. The summed E-state index contributed by atoms with van der Waals surface area (Å²) >= 11 is 0. The number of benzene rings is 2. The van der Waals surface area contributed by atoms with Gasteiger partial charge in [0.05, 0.1) is 5.69 Å². The van der Waals surface area contributed by atoms with Crippen LogP contribution < -0.4 is 10.1 Å². The summed E-state index contributed by atoms with van der Waals surface area (Å²) in [5.41, 5.74) is 1.93. The molecule has 0 saturated carbocycles. The number of nitrogens with one attached hydrogen (secondary N) is 1. The fourth-order valence-corrected chi connectivity index (χ4v) is 2.71. The van der Waals surface area contributed by atoms with Gasteiger partial charge >= 0.3 is 6.09 Å². The maximum atomic E-state index is 12.4. The summed E-state index contributed by atoms with van der Waals surface area (Å²) < 4.78 is 12.2. The Morgan fingerprint density at radius 2 is 1.71 bits per heavy atom. The van der Waals surface area contributed by atoms with Gasteiger partial charge in [-0.3, -0.25) is 5.32 Å². The number of para-hydroxylation sites is 2. The number of anilines is 1. The average molecular weight is 375 g/mol. The number of amides is 1. The Morgan fingerprint density at radius 3 is 2.36 bits per heavy atom. The van der Waals surface area contributed by atoms with E-state index in [1.807, 2.05) is 43.3 Å². The zero-order valence-corrected chi connectivity index (χ0v) is 15.3. The van der Waals surface area contributed by atoms with Gasteiger partial charge in [0.25, 0.3) is 5.89 Å². The van der Waals surface area contributed by atoms with E-state index < -0.39 is 6.09 Å². The lowest BCUT2D eigenvalue weighted by atomic mass is 10.2. The summed E-state index contributed by atoms with van der Waals surface area (Å²) in [5, 5.41) is 11.2. The maximum Gasteiger partial charge on any atom is 0.418 e. The van der Waals surface area contributed by atoms with Crippen LogP contribution in [0, 0.1) is 13.8 Å². The molecular formula is C20H17N5O3. The molecule has 0 saturated heterocycles. The molecule has 0 spiro atoms. The van der Waals surface area contributed by atoms with Crippen molar-refractivity contribution in [3.8, 4) is 23.0 Å². The van der Waals surface area contributed by atoms with Crippen LogP contribution in [0.4, 0.5) is 10.6 Å². The fraction of sp³-hybridized carbons (Fsp3) is 0.100. The van der Waals surface area contributed by atoms with Crippen molar-refractivity contribution in [1.82, 2.24) is 19.9 Å². The first-order valence-corrected chi connectivity index (χ1v) is 8.61. The number of hydrogen-bond donors (Lipinski definition) is 1. The molecule has 4 aromatic rings. The summed E-state index contributed by atoms with van der Waals surface area (Å²) in [6.07, 6.45) is -0.625. The second-order valence-electron chi connectivity index (χ2n) is 6.04. The summed E-state index contributed by atoms with van der Waals surface area (Å²) in [7, 11) is 0. The van der Waals surface area contributed by atoms with Gasteiger partial charge in [-0.1, -0.05) is 41.6 Å². The summed E-state index contributed by atoms with van der Waals surface area (Å²) in [4.78, 5) is 16.7. The van der Waals surface area contributed by atoms with Crippen LogP contribution in [0.5, 0.6) is 5.75 Å². The van der Waals surface area contributed by atoms with E-state index in [2.05, 4.69) is 20.6 Å². The molecule has 2 heterocycles. The Kier molecular flexibility index (Phi) is 4.59. The molecular weight excluding hydrogens is 358 g/mol. The minimum absolute atomic E-state index is 0.282. The lowest BCUT2D eigenvalue weighted by Gasteiger charge is -2.10. The Hall–Kier alpha value is -3.94. The predicted molar refractivity (Wildman–Crippen MR) is 102 cm³/mol. The minimum Gasteiger partial charge on any atom is -0.410 e. The van der Waals surface area contributed by atoms with Crippen LogP contribution in [-0.2, 0) is 0 Å². The fourth-order valence-electron chi connectivity index (χ4n) is 2.71. The third kappa shape index (κ3) is 3.48. The Morgan fingerprint density at radius 1 is 1.04 bits per heavy atom. The first kappa shape index (κ1) is 17.5. The number of aromatic nitrogens is 4. The van der Waals surface area contributed by atoms with Gasteiger partial charge in [-0.05, 0) is 38.1 Å². The highest BCUT2D eigenvalue weighted by Gasteiger charge is 2.23. The van der Waals surface area contributed by atoms with Gasteiger partial charge in [0.1, 0.15) is 11.6 Å². The van der Waals surface area contributed by atoms with E-state index >= 15 is 0 Å². The number of ether oxygens (including phenoxy) is 1. The highest BCUT2D eigenvalue weighted by atomic mass is 16.6. The smallest absolute Gasteiger partial charge is 0.410 e. The van der Waals surface area contributed by atoms with Crippen molar-refractivity contribution in [2.45, 2.75) is 13.8 Å². The molecule has 0 bridgehead atoms. The molecule has 0 atom stereocenters. The summed E-state index contributed by atoms with van der Waals surface area (Å²) in [5.74, 6) is 1.68. The second-order valence-corrected chi connectivity index (χ2v) is 6.04. The standard InChI is InChI=1S/C20H17N5O3/c1-13-17(19-21-14(2)24-28-19)23-25(15-9-5-3-6-10-15)18(13)22-20(26)27-16-11-7-4-8-12-16/h3-12H,1-2H3,(H,22,26). The number of nitrogens with zero attached hydrogens (tertiary/aromatic N) is 4. The molecule has 1 N–H and O–H groups in total. The largest absolute Gasteiger partial charge is 0.418 e. The van der Waals surface area contributed by atoms with Crippen LogP contribution in [0.3, 0.4) is 0 Å². The third-order valence-electron chi connectivity index (χ3n) is 4.03. The average Bonchev–Trinajstić information content (AvgIpc) is 3.27. The number of aryl methyl sites for hydroxylation is 1. The van der Waals surface area contributed by atoms with Crippen LogP contribution in [0.25, 0.3) is 17.3 Å². The van der Waals surface area contributed by atoms with Crippen molar-refractivity contribution in [2.75, 3.05) is 5.32 Å². The maximum absolute atomic E-state index is 12.4. The molecule has 8 nitrogen and oxygen atoms in total. The van der Waals surface area contributed by atoms with E-state index in [9.17, 15) is 4.79 Å². The monoisotopic (exact) mass is 375 g/mol. The van der Waals surface area contributed by atoms with Crippen molar-refractivity contribution in [2.24, 2.45) is 0 Å². The first-order chi connectivity index (χ1) is 13.6. The molecule has 2 aromatic carbocycles. The molecule has 0 aliphatic rings. The summed E-state index contributed by atoms with van der Waals surface area (Å²) in [6.45, 7) is 3.55. The van der Waals surface area contributed by atoms with Crippen molar-refractivity contribution in [3.05, 3.63) is 72.1 Å². The van der Waals surface area contributed by atoms with Gasteiger partial charge in [-0.2, -0.15) is 10.1 Å². The zero-order valence-electron chi connectivity index (χ0n) is 15.3. The summed E-state index contributed by atoms with van der Waals surface area (Å²) in [6, 6.07) is 18.3. The highest BCUT2D eigenvalue weighted by Crippen LogP contribution is 2.29. The number of carbonyl (C=O) groups excluding carboxylic acids is 1. The SMILES string of the molecule is Cc1noc(-c2nn(-c3ccccc3)c(NC(=O)Oc3ccccc3)c2C)n1. The molecule has 0 aliphatic heterocycles. The Balaban J connectivity index is 1.72. The normalized spacial score (nSPS) is 10.6. The van der Waals surface area contributed by atoms with Gasteiger partial charge in [0.2, 0.25) is 0 Å². The van der Waals surface area contributed by atoms with Crippen LogP contribution in [0.15, 0.2) is 65.2 Å². The third-order valence-corrected chi connectivity index (χ3v) is 4.03. The van der Waals surface area contributed by atoms with Gasteiger partial charge in [-0.15, -0.1) is 0 Å². The van der Waals surface area contributed by atoms with Crippen molar-refractivity contribution >= 4 is 11.9 Å². The van der Waals surface area contributed by atoms with Crippen LogP contribution in [-0.4, -0.2) is 26.0 Å². The van der Waals surface area contributed by atoms with E-state index in [0.29, 0.717) is 28.6 Å². The Labute approximate surface area is 160 Å². The van der Waals surface area contributed by atoms with Crippen LogP contribution in [0.2, 0.25) is 0 Å². The molecule has 8 heteroatoms. The van der Waals surface area contributed by atoms with E-state index in [-0.39, 0.29) is 5.89 Å². The van der Waals surface area contributed by atoms with Crippen molar-refractivity contribution < 1.29 is 14.1 Å². The number of rotatable bonds is 4. The molecule has 1 amide bonds. The van der Waals surface area contributed by atoms with E-state index in [0.717, 1.165) is 5.69 Å². The van der Waals surface area contributed by atoms with Gasteiger partial charge in [-0.25, -0.2) is 9.48 Å². The molecule has 4 rings (SSSR count). The zero-order chi connectivity index (χ0) is 19.5. The topological polar surface area (TPSA) is 95.1 Å². The lowest BCUT2D eigenvalue weighted by Crippen LogP contribution is -2.19. The van der Waals surface area contributed by atoms with Crippen molar-refractivity contribution in [1.29, 1.82) is 0 Å².